The lowest BCUT2D eigenvalue weighted by atomic mass is 10.1. The Morgan fingerprint density at radius 1 is 1.56 bits per heavy atom. The number of nitrogens with zero attached hydrogens (tertiary/aromatic N) is 1. The van der Waals surface area contributed by atoms with Crippen molar-refractivity contribution in [3.05, 3.63) is 18.3 Å². The Hall–Kier alpha value is -1.29. The minimum atomic E-state index is 0.509. The Bertz CT molecular complexity index is 324. The van der Waals surface area contributed by atoms with Gasteiger partial charge in [0.25, 0.3) is 0 Å². The maximum atomic E-state index is 5.60. The molecule has 88 valence electrons. The van der Waals surface area contributed by atoms with E-state index in [2.05, 4.69) is 10.3 Å². The molecule has 0 aromatic carbocycles. The van der Waals surface area contributed by atoms with Crippen LogP contribution in [0.3, 0.4) is 0 Å². The van der Waals surface area contributed by atoms with E-state index in [4.69, 9.17) is 10.5 Å². The van der Waals surface area contributed by atoms with Crippen LogP contribution in [0, 0.1) is 0 Å². The average Bonchev–Trinajstić information content (AvgIpc) is 2.77. The van der Waals surface area contributed by atoms with E-state index in [1.807, 2.05) is 6.07 Å². The number of nitrogens with two attached hydrogens (primary N) is 1. The van der Waals surface area contributed by atoms with E-state index in [0.29, 0.717) is 11.9 Å². The molecule has 4 heteroatoms. The predicted octanol–water partition coefficient (Wildman–Crippen LogP) is 1.57. The molecule has 0 radical (unpaired) electrons. The molecule has 1 atom stereocenters. The molecule has 0 aliphatic carbocycles. The second kappa shape index (κ2) is 5.70. The minimum Gasteiger partial charge on any atom is -0.493 e. The van der Waals surface area contributed by atoms with Gasteiger partial charge < -0.3 is 15.8 Å². The minimum absolute atomic E-state index is 0.509. The molecule has 1 aliphatic rings. The summed E-state index contributed by atoms with van der Waals surface area (Å²) in [4.78, 5) is 3.92. The van der Waals surface area contributed by atoms with Crippen LogP contribution in [0.5, 0.6) is 5.75 Å². The van der Waals surface area contributed by atoms with Gasteiger partial charge in [-0.05, 0) is 38.3 Å². The fourth-order valence-corrected chi connectivity index (χ4v) is 2.04. The van der Waals surface area contributed by atoms with Crippen molar-refractivity contribution >= 4 is 5.82 Å². The van der Waals surface area contributed by atoms with Crippen LogP contribution in [0.25, 0.3) is 0 Å². The zero-order valence-corrected chi connectivity index (χ0v) is 9.48. The maximum Gasteiger partial charge on any atom is 0.126 e. The third kappa shape index (κ3) is 3.38. The number of nitrogen functional groups attached to an aromatic ring is 1. The molecule has 2 rings (SSSR count). The predicted molar refractivity (Wildman–Crippen MR) is 64.4 cm³/mol. The number of rotatable bonds is 5. The smallest absolute Gasteiger partial charge is 0.126 e. The molecule has 1 fully saturated rings. The van der Waals surface area contributed by atoms with Gasteiger partial charge in [-0.15, -0.1) is 0 Å². The number of ether oxygens (including phenoxy) is 1. The monoisotopic (exact) mass is 221 g/mol. The first-order valence-corrected chi connectivity index (χ1v) is 5.92. The van der Waals surface area contributed by atoms with Crippen LogP contribution in [0.15, 0.2) is 18.3 Å². The lowest BCUT2D eigenvalue weighted by molar-refractivity contribution is 0.299. The number of hydrogen-bond acceptors (Lipinski definition) is 4. The Balaban J connectivity index is 1.64. The van der Waals surface area contributed by atoms with E-state index in [0.717, 1.165) is 18.8 Å². The molecule has 0 bridgehead atoms. The lowest BCUT2D eigenvalue weighted by Gasteiger charge is -2.10. The Morgan fingerprint density at radius 2 is 2.50 bits per heavy atom. The van der Waals surface area contributed by atoms with Crippen molar-refractivity contribution in [1.29, 1.82) is 0 Å². The van der Waals surface area contributed by atoms with Gasteiger partial charge in [0.1, 0.15) is 11.6 Å². The highest BCUT2D eigenvalue weighted by Gasteiger charge is 2.12. The Labute approximate surface area is 96.2 Å². The highest BCUT2D eigenvalue weighted by atomic mass is 16.5. The van der Waals surface area contributed by atoms with Crippen molar-refractivity contribution in [3.63, 3.8) is 0 Å². The molecular weight excluding hydrogens is 202 g/mol. The van der Waals surface area contributed by atoms with E-state index in [-0.39, 0.29) is 0 Å². The molecule has 4 nitrogen and oxygen atoms in total. The van der Waals surface area contributed by atoms with Crippen LogP contribution < -0.4 is 15.8 Å². The standard InChI is InChI=1S/C12H19N3O/c13-12-9-11(5-7-15-12)16-8-2-4-10-3-1-6-14-10/h5,7,9-10,14H,1-4,6,8H2,(H2,13,15). The first-order valence-electron chi connectivity index (χ1n) is 5.92. The molecule has 1 aromatic rings. The third-order valence-electron chi connectivity index (χ3n) is 2.88. The molecule has 0 spiro atoms. The topological polar surface area (TPSA) is 60.2 Å². The molecular formula is C12H19N3O. The number of nitrogens with one attached hydrogen (secondary N) is 1. The summed E-state index contributed by atoms with van der Waals surface area (Å²) < 4.78 is 5.60. The summed E-state index contributed by atoms with van der Waals surface area (Å²) in [5.74, 6) is 1.32. The first-order chi connectivity index (χ1) is 7.84. The van der Waals surface area contributed by atoms with Crippen LogP contribution in [0.4, 0.5) is 5.82 Å². The summed E-state index contributed by atoms with van der Waals surface area (Å²) in [5.41, 5.74) is 5.56. The molecule has 0 amide bonds. The van der Waals surface area contributed by atoms with E-state index in [1.165, 1.54) is 25.8 Å². The highest BCUT2D eigenvalue weighted by molar-refractivity contribution is 5.35. The summed E-state index contributed by atoms with van der Waals surface area (Å²) in [7, 11) is 0. The van der Waals surface area contributed by atoms with Crippen molar-refractivity contribution in [3.8, 4) is 5.75 Å². The van der Waals surface area contributed by atoms with Crippen LogP contribution >= 0.6 is 0 Å². The zero-order chi connectivity index (χ0) is 11.2. The second-order valence-corrected chi connectivity index (χ2v) is 4.20. The first kappa shape index (κ1) is 11.2. The molecule has 3 N–H and O–H groups in total. The molecule has 1 aliphatic heterocycles. The Kier molecular flexibility index (Phi) is 3.99. The summed E-state index contributed by atoms with van der Waals surface area (Å²) in [6.07, 6.45) is 6.57. The number of hydrogen-bond donors (Lipinski definition) is 2. The fourth-order valence-electron chi connectivity index (χ4n) is 2.04. The van der Waals surface area contributed by atoms with Gasteiger partial charge in [0.15, 0.2) is 0 Å². The number of pyridine rings is 1. The van der Waals surface area contributed by atoms with E-state index >= 15 is 0 Å². The molecule has 0 saturated carbocycles. The van der Waals surface area contributed by atoms with Crippen LogP contribution in [0.1, 0.15) is 25.7 Å². The molecule has 1 aromatic heterocycles. The van der Waals surface area contributed by atoms with Gasteiger partial charge >= 0.3 is 0 Å². The number of aromatic nitrogens is 1. The number of anilines is 1. The molecule has 16 heavy (non-hydrogen) atoms. The molecule has 1 saturated heterocycles. The summed E-state index contributed by atoms with van der Waals surface area (Å²) in [5, 5.41) is 3.48. The van der Waals surface area contributed by atoms with Crippen molar-refractivity contribution in [2.75, 3.05) is 18.9 Å². The second-order valence-electron chi connectivity index (χ2n) is 4.20. The third-order valence-corrected chi connectivity index (χ3v) is 2.88. The van der Waals surface area contributed by atoms with Crippen LogP contribution in [-0.4, -0.2) is 24.2 Å². The van der Waals surface area contributed by atoms with Gasteiger partial charge in [0.2, 0.25) is 0 Å². The normalized spacial score (nSPS) is 19.9. The largest absolute Gasteiger partial charge is 0.493 e. The van der Waals surface area contributed by atoms with Gasteiger partial charge in [-0.2, -0.15) is 0 Å². The maximum absolute atomic E-state index is 5.60. The molecule has 1 unspecified atom stereocenters. The van der Waals surface area contributed by atoms with Gasteiger partial charge in [-0.3, -0.25) is 0 Å². The SMILES string of the molecule is Nc1cc(OCCCC2CCCN2)ccn1. The summed E-state index contributed by atoms with van der Waals surface area (Å²) >= 11 is 0. The van der Waals surface area contributed by atoms with E-state index < -0.39 is 0 Å². The van der Waals surface area contributed by atoms with Gasteiger partial charge in [0.05, 0.1) is 6.61 Å². The summed E-state index contributed by atoms with van der Waals surface area (Å²) in [6, 6.07) is 4.30. The van der Waals surface area contributed by atoms with Crippen LogP contribution in [-0.2, 0) is 0 Å². The zero-order valence-electron chi connectivity index (χ0n) is 9.48. The highest BCUT2D eigenvalue weighted by Crippen LogP contribution is 2.14. The van der Waals surface area contributed by atoms with Gasteiger partial charge in [0, 0.05) is 18.3 Å². The Morgan fingerprint density at radius 3 is 3.25 bits per heavy atom. The van der Waals surface area contributed by atoms with Crippen LogP contribution in [0.2, 0.25) is 0 Å². The average molecular weight is 221 g/mol. The van der Waals surface area contributed by atoms with E-state index in [1.54, 1.807) is 12.3 Å². The van der Waals surface area contributed by atoms with Gasteiger partial charge in [-0.1, -0.05) is 0 Å². The fraction of sp³-hybridized carbons (Fsp3) is 0.583. The lowest BCUT2D eigenvalue weighted by Crippen LogP contribution is -2.21. The quantitative estimate of drug-likeness (QED) is 0.741. The van der Waals surface area contributed by atoms with Crippen molar-refractivity contribution in [2.45, 2.75) is 31.7 Å². The van der Waals surface area contributed by atoms with Crippen molar-refractivity contribution < 1.29 is 4.74 Å². The van der Waals surface area contributed by atoms with E-state index in [9.17, 15) is 0 Å². The van der Waals surface area contributed by atoms with Crippen molar-refractivity contribution in [1.82, 2.24) is 10.3 Å². The molecule has 2 heterocycles. The van der Waals surface area contributed by atoms with Crippen molar-refractivity contribution in [2.24, 2.45) is 0 Å². The summed E-state index contributed by atoms with van der Waals surface area (Å²) in [6.45, 7) is 1.92. The van der Waals surface area contributed by atoms with Gasteiger partial charge in [-0.25, -0.2) is 4.98 Å².